The van der Waals surface area contributed by atoms with E-state index in [1.54, 1.807) is 12.1 Å². The fraction of sp³-hybridized carbons (Fsp3) is 0.667. The molecular formula is C18H28FN. The Kier molecular flexibility index (Phi) is 5.20. The van der Waals surface area contributed by atoms with Crippen LogP contribution >= 0.6 is 0 Å². The van der Waals surface area contributed by atoms with Crippen molar-refractivity contribution >= 4 is 0 Å². The van der Waals surface area contributed by atoms with Crippen LogP contribution in [-0.4, -0.2) is 6.04 Å². The lowest BCUT2D eigenvalue weighted by Gasteiger charge is -2.38. The number of halogens is 1. The molecule has 1 aromatic carbocycles. The lowest BCUT2D eigenvalue weighted by atomic mass is 9.77. The SMILES string of the molecule is CC(C)C(NC1CCCC(C)C1C)c1ccc(F)cc1. The Morgan fingerprint density at radius 1 is 1.10 bits per heavy atom. The normalized spacial score (nSPS) is 28.6. The van der Waals surface area contributed by atoms with E-state index < -0.39 is 0 Å². The van der Waals surface area contributed by atoms with Crippen LogP contribution in [0.25, 0.3) is 0 Å². The summed E-state index contributed by atoms with van der Waals surface area (Å²) in [5.41, 5.74) is 1.20. The lowest BCUT2D eigenvalue weighted by Crippen LogP contribution is -2.43. The zero-order valence-corrected chi connectivity index (χ0v) is 13.2. The van der Waals surface area contributed by atoms with Gasteiger partial charge in [0.2, 0.25) is 0 Å². The Balaban J connectivity index is 2.11. The first-order valence-corrected chi connectivity index (χ1v) is 8.00. The first-order chi connectivity index (χ1) is 9.49. The second-order valence-electron chi connectivity index (χ2n) is 6.81. The summed E-state index contributed by atoms with van der Waals surface area (Å²) >= 11 is 0. The molecule has 2 rings (SSSR count). The molecular weight excluding hydrogens is 249 g/mol. The van der Waals surface area contributed by atoms with E-state index in [2.05, 4.69) is 33.0 Å². The number of hydrogen-bond acceptors (Lipinski definition) is 1. The highest BCUT2D eigenvalue weighted by Gasteiger charge is 2.29. The van der Waals surface area contributed by atoms with Gasteiger partial charge in [0.05, 0.1) is 0 Å². The van der Waals surface area contributed by atoms with E-state index in [1.165, 1.54) is 24.8 Å². The molecule has 112 valence electrons. The van der Waals surface area contributed by atoms with Crippen LogP contribution < -0.4 is 5.32 Å². The number of rotatable bonds is 4. The summed E-state index contributed by atoms with van der Waals surface area (Å²) in [5.74, 6) is 1.86. The summed E-state index contributed by atoms with van der Waals surface area (Å²) in [4.78, 5) is 0. The van der Waals surface area contributed by atoms with Gasteiger partial charge in [0.15, 0.2) is 0 Å². The lowest BCUT2D eigenvalue weighted by molar-refractivity contribution is 0.182. The third-order valence-corrected chi connectivity index (χ3v) is 5.00. The molecule has 1 aliphatic carbocycles. The molecule has 0 heterocycles. The molecule has 20 heavy (non-hydrogen) atoms. The third-order valence-electron chi connectivity index (χ3n) is 5.00. The molecule has 0 spiro atoms. The minimum atomic E-state index is -0.157. The van der Waals surface area contributed by atoms with Gasteiger partial charge in [-0.05, 0) is 41.9 Å². The van der Waals surface area contributed by atoms with E-state index in [0.717, 1.165) is 5.92 Å². The Hall–Kier alpha value is -0.890. The van der Waals surface area contributed by atoms with Crippen molar-refractivity contribution in [3.63, 3.8) is 0 Å². The molecule has 1 nitrogen and oxygen atoms in total. The van der Waals surface area contributed by atoms with Gasteiger partial charge in [0, 0.05) is 12.1 Å². The zero-order valence-electron chi connectivity index (χ0n) is 13.2. The number of benzene rings is 1. The van der Waals surface area contributed by atoms with Gasteiger partial charge in [-0.1, -0.05) is 52.7 Å². The summed E-state index contributed by atoms with van der Waals surface area (Å²) in [5, 5.41) is 3.85. The minimum Gasteiger partial charge on any atom is -0.307 e. The molecule has 1 saturated carbocycles. The highest BCUT2D eigenvalue weighted by Crippen LogP contribution is 2.32. The predicted octanol–water partition coefficient (Wildman–Crippen LogP) is 4.94. The van der Waals surface area contributed by atoms with Crippen LogP contribution in [-0.2, 0) is 0 Å². The van der Waals surface area contributed by atoms with E-state index in [9.17, 15) is 4.39 Å². The molecule has 4 unspecified atom stereocenters. The standard InChI is InChI=1S/C18H28FN/c1-12(2)18(15-8-10-16(19)11-9-15)20-17-7-5-6-13(3)14(17)4/h8-14,17-18,20H,5-7H2,1-4H3. The molecule has 0 saturated heterocycles. The van der Waals surface area contributed by atoms with Crippen LogP contribution in [0.2, 0.25) is 0 Å². The fourth-order valence-electron chi connectivity index (χ4n) is 3.39. The van der Waals surface area contributed by atoms with Gasteiger partial charge in [0.1, 0.15) is 5.82 Å². The highest BCUT2D eigenvalue weighted by molar-refractivity contribution is 5.20. The second-order valence-corrected chi connectivity index (χ2v) is 6.81. The van der Waals surface area contributed by atoms with Crippen molar-refractivity contribution in [1.82, 2.24) is 5.32 Å². The van der Waals surface area contributed by atoms with E-state index >= 15 is 0 Å². The maximum atomic E-state index is 13.1. The number of hydrogen-bond donors (Lipinski definition) is 1. The zero-order chi connectivity index (χ0) is 14.7. The molecule has 0 bridgehead atoms. The van der Waals surface area contributed by atoms with E-state index in [-0.39, 0.29) is 5.82 Å². The number of nitrogens with one attached hydrogen (secondary N) is 1. The fourth-order valence-corrected chi connectivity index (χ4v) is 3.39. The largest absolute Gasteiger partial charge is 0.307 e. The van der Waals surface area contributed by atoms with Crippen LogP contribution in [0, 0.1) is 23.6 Å². The third kappa shape index (κ3) is 3.60. The Morgan fingerprint density at radius 3 is 2.35 bits per heavy atom. The summed E-state index contributed by atoms with van der Waals surface area (Å²) in [6.07, 6.45) is 3.93. The van der Waals surface area contributed by atoms with Crippen molar-refractivity contribution in [2.45, 2.75) is 59.0 Å². The maximum Gasteiger partial charge on any atom is 0.123 e. The second kappa shape index (κ2) is 6.71. The summed E-state index contributed by atoms with van der Waals surface area (Å²) in [7, 11) is 0. The summed E-state index contributed by atoms with van der Waals surface area (Å²) in [6, 6.07) is 7.87. The van der Waals surface area contributed by atoms with Crippen molar-refractivity contribution in [2.24, 2.45) is 17.8 Å². The summed E-state index contributed by atoms with van der Waals surface area (Å²) in [6.45, 7) is 9.19. The van der Waals surface area contributed by atoms with Gasteiger partial charge in [-0.15, -0.1) is 0 Å². The average molecular weight is 277 g/mol. The molecule has 0 radical (unpaired) electrons. The van der Waals surface area contributed by atoms with Crippen molar-refractivity contribution < 1.29 is 4.39 Å². The molecule has 0 aliphatic heterocycles. The minimum absolute atomic E-state index is 0.157. The maximum absolute atomic E-state index is 13.1. The molecule has 0 aromatic heterocycles. The van der Waals surface area contributed by atoms with Gasteiger partial charge >= 0.3 is 0 Å². The molecule has 1 N–H and O–H groups in total. The summed E-state index contributed by atoms with van der Waals surface area (Å²) < 4.78 is 13.1. The first-order valence-electron chi connectivity index (χ1n) is 8.00. The van der Waals surface area contributed by atoms with Gasteiger partial charge < -0.3 is 5.32 Å². The smallest absolute Gasteiger partial charge is 0.123 e. The van der Waals surface area contributed by atoms with Gasteiger partial charge in [0.25, 0.3) is 0 Å². The average Bonchev–Trinajstić information content (AvgIpc) is 2.41. The van der Waals surface area contributed by atoms with Crippen LogP contribution in [0.4, 0.5) is 4.39 Å². The van der Waals surface area contributed by atoms with Crippen molar-refractivity contribution in [2.75, 3.05) is 0 Å². The van der Waals surface area contributed by atoms with Crippen LogP contribution in [0.5, 0.6) is 0 Å². The van der Waals surface area contributed by atoms with Crippen molar-refractivity contribution in [3.05, 3.63) is 35.6 Å². The van der Waals surface area contributed by atoms with Crippen molar-refractivity contribution in [1.29, 1.82) is 0 Å². The molecule has 1 aromatic rings. The van der Waals surface area contributed by atoms with Gasteiger partial charge in [-0.2, -0.15) is 0 Å². The Bertz CT molecular complexity index is 412. The Morgan fingerprint density at radius 2 is 1.75 bits per heavy atom. The molecule has 4 atom stereocenters. The van der Waals surface area contributed by atoms with Gasteiger partial charge in [-0.25, -0.2) is 4.39 Å². The van der Waals surface area contributed by atoms with E-state index in [0.29, 0.717) is 23.9 Å². The molecule has 0 amide bonds. The topological polar surface area (TPSA) is 12.0 Å². The van der Waals surface area contributed by atoms with Crippen molar-refractivity contribution in [3.8, 4) is 0 Å². The van der Waals surface area contributed by atoms with E-state index in [1.807, 2.05) is 12.1 Å². The van der Waals surface area contributed by atoms with Gasteiger partial charge in [-0.3, -0.25) is 0 Å². The van der Waals surface area contributed by atoms with Crippen LogP contribution in [0.1, 0.15) is 58.6 Å². The quantitative estimate of drug-likeness (QED) is 0.822. The molecule has 1 fully saturated rings. The van der Waals surface area contributed by atoms with E-state index in [4.69, 9.17) is 0 Å². The monoisotopic (exact) mass is 277 g/mol. The van der Waals surface area contributed by atoms with Crippen LogP contribution in [0.3, 0.4) is 0 Å². The molecule has 2 heteroatoms. The van der Waals surface area contributed by atoms with Crippen LogP contribution in [0.15, 0.2) is 24.3 Å². The first kappa shape index (κ1) is 15.5. The predicted molar refractivity (Wildman–Crippen MR) is 83.1 cm³/mol. The highest BCUT2D eigenvalue weighted by atomic mass is 19.1. The Labute approximate surface area is 123 Å². The molecule has 1 aliphatic rings.